The van der Waals surface area contributed by atoms with Crippen LogP contribution >= 0.6 is 0 Å². The first kappa shape index (κ1) is 15.4. The van der Waals surface area contributed by atoms with Gasteiger partial charge in [-0.15, -0.1) is 6.42 Å². The zero-order valence-electron chi connectivity index (χ0n) is 12.6. The molecule has 0 aliphatic carbocycles. The molecule has 1 aromatic rings. The van der Waals surface area contributed by atoms with E-state index in [1.54, 1.807) is 0 Å². The van der Waals surface area contributed by atoms with Crippen molar-refractivity contribution in [3.05, 3.63) is 29.8 Å². The first-order valence-electron chi connectivity index (χ1n) is 7.54. The fraction of sp³-hybridized carbons (Fsp3) is 0.471. The van der Waals surface area contributed by atoms with Gasteiger partial charge in [-0.2, -0.15) is 0 Å². The van der Waals surface area contributed by atoms with Gasteiger partial charge in [-0.3, -0.25) is 9.69 Å². The zero-order valence-corrected chi connectivity index (χ0v) is 12.6. The SMILES string of the molecule is C#CCN1CCN(C(=O)c2ccccc2NCCC)CC1. The number of para-hydroxylation sites is 1. The van der Waals surface area contributed by atoms with Crippen LogP contribution in [-0.4, -0.2) is 55.0 Å². The Bertz CT molecular complexity index is 513. The van der Waals surface area contributed by atoms with Crippen molar-refractivity contribution in [3.63, 3.8) is 0 Å². The summed E-state index contributed by atoms with van der Waals surface area (Å²) in [5.41, 5.74) is 1.69. The van der Waals surface area contributed by atoms with Crippen molar-refractivity contribution in [2.45, 2.75) is 13.3 Å². The molecular formula is C17H23N3O. The van der Waals surface area contributed by atoms with E-state index in [1.807, 2.05) is 29.2 Å². The Morgan fingerprint density at radius 3 is 2.67 bits per heavy atom. The summed E-state index contributed by atoms with van der Waals surface area (Å²) in [5.74, 6) is 2.76. The van der Waals surface area contributed by atoms with Gasteiger partial charge in [-0.1, -0.05) is 25.0 Å². The van der Waals surface area contributed by atoms with E-state index in [0.717, 1.165) is 50.4 Å². The lowest BCUT2D eigenvalue weighted by Gasteiger charge is -2.34. The number of anilines is 1. The van der Waals surface area contributed by atoms with Crippen molar-refractivity contribution in [1.29, 1.82) is 0 Å². The Balaban J connectivity index is 2.02. The van der Waals surface area contributed by atoms with Crippen LogP contribution in [0.15, 0.2) is 24.3 Å². The summed E-state index contributed by atoms with van der Waals surface area (Å²) in [5, 5.41) is 3.33. The number of piperazine rings is 1. The van der Waals surface area contributed by atoms with Crippen LogP contribution in [0.4, 0.5) is 5.69 Å². The average molecular weight is 285 g/mol. The number of nitrogens with one attached hydrogen (secondary N) is 1. The Morgan fingerprint density at radius 1 is 1.29 bits per heavy atom. The number of nitrogens with zero attached hydrogens (tertiary/aromatic N) is 2. The summed E-state index contributed by atoms with van der Waals surface area (Å²) in [6.45, 7) is 6.82. The second-order valence-corrected chi connectivity index (χ2v) is 5.24. The van der Waals surface area contributed by atoms with Crippen LogP contribution in [-0.2, 0) is 0 Å². The summed E-state index contributed by atoms with van der Waals surface area (Å²) in [6.07, 6.45) is 6.37. The molecule has 4 nitrogen and oxygen atoms in total. The highest BCUT2D eigenvalue weighted by Gasteiger charge is 2.23. The minimum Gasteiger partial charge on any atom is -0.384 e. The first-order chi connectivity index (χ1) is 10.3. The molecule has 112 valence electrons. The summed E-state index contributed by atoms with van der Waals surface area (Å²) in [6, 6.07) is 7.74. The van der Waals surface area contributed by atoms with Crippen molar-refractivity contribution in [3.8, 4) is 12.3 Å². The number of carbonyl (C=O) groups is 1. The van der Waals surface area contributed by atoms with E-state index in [-0.39, 0.29) is 5.91 Å². The molecule has 1 aliphatic rings. The molecule has 4 heteroatoms. The normalized spacial score (nSPS) is 15.5. The molecule has 1 saturated heterocycles. The molecule has 21 heavy (non-hydrogen) atoms. The lowest BCUT2D eigenvalue weighted by molar-refractivity contribution is 0.0653. The summed E-state index contributed by atoms with van der Waals surface area (Å²) < 4.78 is 0. The molecule has 0 atom stereocenters. The van der Waals surface area contributed by atoms with Gasteiger partial charge in [0.05, 0.1) is 12.1 Å². The van der Waals surface area contributed by atoms with E-state index in [1.165, 1.54) is 0 Å². The molecule has 0 radical (unpaired) electrons. The third kappa shape index (κ3) is 3.99. The number of rotatable bonds is 5. The van der Waals surface area contributed by atoms with Crippen molar-refractivity contribution < 1.29 is 4.79 Å². The topological polar surface area (TPSA) is 35.6 Å². The third-order valence-electron chi connectivity index (χ3n) is 3.70. The van der Waals surface area contributed by atoms with Gasteiger partial charge in [0.1, 0.15) is 0 Å². The maximum atomic E-state index is 12.7. The number of carbonyl (C=O) groups excluding carboxylic acids is 1. The molecule has 1 aliphatic heterocycles. The monoisotopic (exact) mass is 285 g/mol. The van der Waals surface area contributed by atoms with Gasteiger partial charge in [0.2, 0.25) is 0 Å². The fourth-order valence-electron chi connectivity index (χ4n) is 2.49. The van der Waals surface area contributed by atoms with Gasteiger partial charge in [-0.05, 0) is 18.6 Å². The molecule has 1 aromatic carbocycles. The van der Waals surface area contributed by atoms with E-state index >= 15 is 0 Å². The Hall–Kier alpha value is -1.99. The van der Waals surface area contributed by atoms with Crippen molar-refractivity contribution in [1.82, 2.24) is 9.80 Å². The molecule has 1 amide bonds. The van der Waals surface area contributed by atoms with Crippen LogP contribution in [0.5, 0.6) is 0 Å². The van der Waals surface area contributed by atoms with Gasteiger partial charge in [0, 0.05) is 38.4 Å². The molecular weight excluding hydrogens is 262 g/mol. The summed E-state index contributed by atoms with van der Waals surface area (Å²) >= 11 is 0. The molecule has 0 spiro atoms. The van der Waals surface area contributed by atoms with E-state index in [0.29, 0.717) is 6.54 Å². The smallest absolute Gasteiger partial charge is 0.256 e. The summed E-state index contributed by atoms with van der Waals surface area (Å²) in [7, 11) is 0. The average Bonchev–Trinajstić information content (AvgIpc) is 2.53. The lowest BCUT2D eigenvalue weighted by atomic mass is 10.1. The number of benzene rings is 1. The number of amides is 1. The van der Waals surface area contributed by atoms with Gasteiger partial charge in [-0.25, -0.2) is 0 Å². The van der Waals surface area contributed by atoms with Gasteiger partial charge in [0.15, 0.2) is 0 Å². The minimum atomic E-state index is 0.106. The lowest BCUT2D eigenvalue weighted by Crippen LogP contribution is -2.48. The highest BCUT2D eigenvalue weighted by Crippen LogP contribution is 2.18. The van der Waals surface area contributed by atoms with Crippen LogP contribution in [0.3, 0.4) is 0 Å². The Kier molecular flexibility index (Phi) is 5.65. The second-order valence-electron chi connectivity index (χ2n) is 5.24. The van der Waals surface area contributed by atoms with E-state index < -0.39 is 0 Å². The molecule has 2 rings (SSSR count). The number of terminal acetylenes is 1. The fourth-order valence-corrected chi connectivity index (χ4v) is 2.49. The molecule has 0 saturated carbocycles. The third-order valence-corrected chi connectivity index (χ3v) is 3.70. The zero-order chi connectivity index (χ0) is 15.1. The standard InChI is InChI=1S/C17H23N3O/c1-3-9-18-16-8-6-5-7-15(16)17(21)20-13-11-19(10-4-2)12-14-20/h2,5-8,18H,3,9-14H2,1H3. The van der Waals surface area contributed by atoms with Crippen LogP contribution < -0.4 is 5.32 Å². The maximum Gasteiger partial charge on any atom is 0.256 e. The molecule has 1 fully saturated rings. The summed E-state index contributed by atoms with van der Waals surface area (Å²) in [4.78, 5) is 16.8. The predicted molar refractivity (Wildman–Crippen MR) is 86.4 cm³/mol. The highest BCUT2D eigenvalue weighted by atomic mass is 16.2. The first-order valence-corrected chi connectivity index (χ1v) is 7.54. The number of hydrogen-bond acceptors (Lipinski definition) is 3. The van der Waals surface area contributed by atoms with Crippen LogP contribution in [0.2, 0.25) is 0 Å². The van der Waals surface area contributed by atoms with E-state index in [2.05, 4.69) is 23.1 Å². The van der Waals surface area contributed by atoms with E-state index in [4.69, 9.17) is 6.42 Å². The molecule has 1 N–H and O–H groups in total. The molecule has 0 unspecified atom stereocenters. The second kappa shape index (κ2) is 7.70. The molecule has 0 bridgehead atoms. The maximum absolute atomic E-state index is 12.7. The van der Waals surface area contributed by atoms with Crippen molar-refractivity contribution >= 4 is 11.6 Å². The van der Waals surface area contributed by atoms with Crippen LogP contribution in [0, 0.1) is 12.3 Å². The van der Waals surface area contributed by atoms with E-state index in [9.17, 15) is 4.79 Å². The Labute approximate surface area is 127 Å². The predicted octanol–water partition coefficient (Wildman–Crippen LogP) is 1.90. The van der Waals surface area contributed by atoms with Crippen LogP contribution in [0.25, 0.3) is 0 Å². The number of hydrogen-bond donors (Lipinski definition) is 1. The molecule has 0 aromatic heterocycles. The van der Waals surface area contributed by atoms with Crippen molar-refractivity contribution in [2.24, 2.45) is 0 Å². The quantitative estimate of drug-likeness (QED) is 0.839. The van der Waals surface area contributed by atoms with Gasteiger partial charge in [0.25, 0.3) is 5.91 Å². The minimum absolute atomic E-state index is 0.106. The van der Waals surface area contributed by atoms with Crippen molar-refractivity contribution in [2.75, 3.05) is 44.6 Å². The largest absolute Gasteiger partial charge is 0.384 e. The van der Waals surface area contributed by atoms with Gasteiger partial charge >= 0.3 is 0 Å². The van der Waals surface area contributed by atoms with Crippen LogP contribution in [0.1, 0.15) is 23.7 Å². The van der Waals surface area contributed by atoms with Gasteiger partial charge < -0.3 is 10.2 Å². The highest BCUT2D eigenvalue weighted by molar-refractivity contribution is 5.99. The Morgan fingerprint density at radius 2 is 2.00 bits per heavy atom. The molecule has 1 heterocycles.